The van der Waals surface area contributed by atoms with Crippen LogP contribution in [0.4, 0.5) is 0 Å². The third-order valence-corrected chi connectivity index (χ3v) is 10.1. The highest BCUT2D eigenvalue weighted by molar-refractivity contribution is 5.53. The molecule has 350 valence electrons. The van der Waals surface area contributed by atoms with Crippen LogP contribution in [0.25, 0.3) is 0 Å². The highest BCUT2D eigenvalue weighted by atomic mass is 16.6. The topological polar surface area (TPSA) is 92.3 Å². The second-order valence-electron chi connectivity index (χ2n) is 19.7. The summed E-state index contributed by atoms with van der Waals surface area (Å²) in [4.78, 5) is 0. The summed E-state index contributed by atoms with van der Waals surface area (Å²) in [7, 11) is 0. The van der Waals surface area contributed by atoms with Crippen LogP contribution in [0.15, 0.2) is 60.7 Å². The minimum atomic E-state index is -0.167. The Kier molecular flexibility index (Phi) is 23.5. The zero-order valence-electron chi connectivity index (χ0n) is 40.6. The largest absolute Gasteiger partial charge is 0.487 e. The third-order valence-electron chi connectivity index (χ3n) is 10.1. The van der Waals surface area contributed by atoms with Crippen molar-refractivity contribution in [3.63, 3.8) is 0 Å². The van der Waals surface area contributed by atoms with E-state index in [1.54, 1.807) is 0 Å². The molecule has 10 nitrogen and oxygen atoms in total. The lowest BCUT2D eigenvalue weighted by atomic mass is 9.80. The van der Waals surface area contributed by atoms with Crippen LogP contribution < -0.4 is 9.47 Å². The summed E-state index contributed by atoms with van der Waals surface area (Å²) in [6.45, 7) is 35.4. The molecule has 62 heavy (non-hydrogen) atoms. The summed E-state index contributed by atoms with van der Waals surface area (Å²) < 4.78 is 58.6. The number of benzene rings is 3. The van der Waals surface area contributed by atoms with Gasteiger partial charge in [0.2, 0.25) is 0 Å². The Labute approximate surface area is 375 Å². The molecular weight excluding hydrogens is 785 g/mol. The molecule has 0 saturated carbocycles. The van der Waals surface area contributed by atoms with Crippen LogP contribution in [0, 0.1) is 0 Å². The van der Waals surface area contributed by atoms with E-state index >= 15 is 0 Å². The average molecular weight is 867 g/mol. The SMILES string of the molecule is CC(C)(C)c1ccc(COCCOCCOCCOCCOc2cc(C(C)(C)C)cc(C(C)(C)C)c2OCCOCCOCCOCCOCc2ccc(C(C)(C)C)cc2)cc1. The van der Waals surface area contributed by atoms with Gasteiger partial charge in [0, 0.05) is 5.56 Å². The van der Waals surface area contributed by atoms with Crippen LogP contribution in [0.3, 0.4) is 0 Å². The Bertz CT molecular complexity index is 1630. The molecule has 3 aromatic carbocycles. The monoisotopic (exact) mass is 867 g/mol. The number of hydrogen-bond donors (Lipinski definition) is 0. The molecule has 0 bridgehead atoms. The summed E-state index contributed by atoms with van der Waals surface area (Å²) in [5.41, 5.74) is 7.32. The van der Waals surface area contributed by atoms with E-state index < -0.39 is 0 Å². The Morgan fingerprint density at radius 3 is 0.935 bits per heavy atom. The van der Waals surface area contributed by atoms with Gasteiger partial charge in [-0.2, -0.15) is 0 Å². The molecule has 0 saturated heterocycles. The van der Waals surface area contributed by atoms with Crippen molar-refractivity contribution < 1.29 is 47.4 Å². The van der Waals surface area contributed by atoms with Crippen molar-refractivity contribution in [2.24, 2.45) is 0 Å². The first-order valence-electron chi connectivity index (χ1n) is 22.6. The molecule has 0 spiro atoms. The predicted molar refractivity (Wildman–Crippen MR) is 249 cm³/mol. The van der Waals surface area contributed by atoms with Crippen LogP contribution in [0.5, 0.6) is 11.5 Å². The first kappa shape index (κ1) is 53.3. The second kappa shape index (κ2) is 27.3. The van der Waals surface area contributed by atoms with E-state index in [4.69, 9.17) is 47.4 Å². The fraction of sp³-hybridized carbons (Fsp3) is 0.654. The molecule has 10 heteroatoms. The van der Waals surface area contributed by atoms with Gasteiger partial charge in [0.15, 0.2) is 11.5 Å². The lowest BCUT2D eigenvalue weighted by Gasteiger charge is -2.29. The van der Waals surface area contributed by atoms with Gasteiger partial charge in [0.1, 0.15) is 13.2 Å². The van der Waals surface area contributed by atoms with E-state index in [1.165, 1.54) is 27.8 Å². The van der Waals surface area contributed by atoms with E-state index in [0.29, 0.717) is 125 Å². The molecule has 0 aliphatic rings. The van der Waals surface area contributed by atoms with Crippen molar-refractivity contribution in [3.8, 4) is 11.5 Å². The highest BCUT2D eigenvalue weighted by Gasteiger charge is 2.27. The molecule has 0 fully saturated rings. The predicted octanol–water partition coefficient (Wildman–Crippen LogP) is 10.2. The van der Waals surface area contributed by atoms with Crippen molar-refractivity contribution in [2.75, 3.05) is 106 Å². The van der Waals surface area contributed by atoms with E-state index in [0.717, 1.165) is 11.3 Å². The van der Waals surface area contributed by atoms with E-state index in [-0.39, 0.29) is 21.7 Å². The van der Waals surface area contributed by atoms with E-state index in [9.17, 15) is 0 Å². The van der Waals surface area contributed by atoms with Crippen molar-refractivity contribution in [1.82, 2.24) is 0 Å². The van der Waals surface area contributed by atoms with E-state index in [1.807, 2.05) is 0 Å². The molecule has 0 atom stereocenters. The van der Waals surface area contributed by atoms with Crippen molar-refractivity contribution >= 4 is 0 Å². The van der Waals surface area contributed by atoms with Crippen LogP contribution >= 0.6 is 0 Å². The van der Waals surface area contributed by atoms with Gasteiger partial charge < -0.3 is 47.4 Å². The Morgan fingerprint density at radius 2 is 0.613 bits per heavy atom. The molecule has 0 aliphatic carbocycles. The molecule has 0 radical (unpaired) electrons. The van der Waals surface area contributed by atoms with Gasteiger partial charge in [0.25, 0.3) is 0 Å². The zero-order chi connectivity index (χ0) is 45.5. The first-order chi connectivity index (χ1) is 29.4. The summed E-state index contributed by atoms with van der Waals surface area (Å²) in [6.07, 6.45) is 0. The zero-order valence-corrected chi connectivity index (χ0v) is 40.6. The highest BCUT2D eigenvalue weighted by Crippen LogP contribution is 2.42. The lowest BCUT2D eigenvalue weighted by Crippen LogP contribution is -2.20. The number of rotatable bonds is 30. The Morgan fingerprint density at radius 1 is 0.306 bits per heavy atom. The van der Waals surface area contributed by atoms with Gasteiger partial charge in [-0.15, -0.1) is 0 Å². The maximum Gasteiger partial charge on any atom is 0.165 e. The average Bonchev–Trinajstić information content (AvgIpc) is 3.20. The third kappa shape index (κ3) is 21.5. The maximum absolute atomic E-state index is 6.40. The van der Waals surface area contributed by atoms with Gasteiger partial charge in [-0.1, -0.05) is 138 Å². The maximum atomic E-state index is 6.40. The van der Waals surface area contributed by atoms with Crippen molar-refractivity contribution in [2.45, 2.75) is 118 Å². The normalized spacial score (nSPS) is 12.6. The molecule has 0 unspecified atom stereocenters. The molecule has 3 rings (SSSR count). The van der Waals surface area contributed by atoms with Crippen LogP contribution in [0.1, 0.15) is 116 Å². The molecule has 0 N–H and O–H groups in total. The van der Waals surface area contributed by atoms with Gasteiger partial charge in [-0.3, -0.25) is 0 Å². The first-order valence-corrected chi connectivity index (χ1v) is 22.6. The Balaban J connectivity index is 1.26. The summed E-state index contributed by atoms with van der Waals surface area (Å²) in [5, 5.41) is 0. The number of ether oxygens (including phenoxy) is 10. The quantitative estimate of drug-likeness (QED) is 0.0603. The standard InChI is InChI=1S/C52H82O10/c1-49(2,3)43-17-13-41(14-18-43)39-59-31-29-55-23-21-53-25-27-57-33-35-61-47-38-45(51(7,8)9)37-46(52(10,11)12)48(47)62-36-34-58-28-26-54-22-24-56-30-32-60-40-42-15-19-44(20-16-42)50(4,5)6/h13-20,37-38H,21-36,39-40H2,1-12H3. The summed E-state index contributed by atoms with van der Waals surface area (Å²) in [5.74, 6) is 1.46. The molecule has 0 aliphatic heterocycles. The fourth-order valence-electron chi connectivity index (χ4n) is 6.16. The van der Waals surface area contributed by atoms with Gasteiger partial charge in [0.05, 0.1) is 106 Å². The fourth-order valence-corrected chi connectivity index (χ4v) is 6.16. The lowest BCUT2D eigenvalue weighted by molar-refractivity contribution is -0.00740. The van der Waals surface area contributed by atoms with Gasteiger partial charge in [-0.25, -0.2) is 0 Å². The van der Waals surface area contributed by atoms with Crippen LogP contribution in [-0.2, 0) is 72.8 Å². The smallest absolute Gasteiger partial charge is 0.165 e. The minimum absolute atomic E-state index is 0.0680. The van der Waals surface area contributed by atoms with E-state index in [2.05, 4.69) is 144 Å². The molecule has 0 heterocycles. The van der Waals surface area contributed by atoms with Crippen molar-refractivity contribution in [3.05, 3.63) is 94.0 Å². The molecule has 0 aromatic heterocycles. The second-order valence-corrected chi connectivity index (χ2v) is 19.7. The summed E-state index contributed by atoms with van der Waals surface area (Å²) >= 11 is 0. The molecule has 0 amide bonds. The van der Waals surface area contributed by atoms with Gasteiger partial charge in [-0.05, 0) is 55.5 Å². The summed E-state index contributed by atoms with van der Waals surface area (Å²) in [6, 6.07) is 21.6. The van der Waals surface area contributed by atoms with Crippen molar-refractivity contribution in [1.29, 1.82) is 0 Å². The Hall–Kier alpha value is -3.06. The minimum Gasteiger partial charge on any atom is -0.487 e. The molecular formula is C52H82O10. The van der Waals surface area contributed by atoms with Crippen LogP contribution in [-0.4, -0.2) is 106 Å². The number of hydrogen-bond acceptors (Lipinski definition) is 10. The van der Waals surface area contributed by atoms with Crippen LogP contribution in [0.2, 0.25) is 0 Å². The molecule has 3 aromatic rings. The van der Waals surface area contributed by atoms with Gasteiger partial charge >= 0.3 is 0 Å².